The molecule has 0 aromatic carbocycles. The Kier molecular flexibility index (Phi) is 2.13. The van der Waals surface area contributed by atoms with Gasteiger partial charge in [-0.2, -0.15) is 4.39 Å². The molecule has 68 valence electrons. The minimum atomic E-state index is -1.34. The molecule has 0 unspecified atom stereocenters. The van der Waals surface area contributed by atoms with Crippen molar-refractivity contribution in [3.63, 3.8) is 0 Å². The maximum Gasteiger partial charge on any atom is 0.330 e. The number of halogens is 1. The summed E-state index contributed by atoms with van der Waals surface area (Å²) in [5, 5.41) is 20.2. The van der Waals surface area contributed by atoms with Gasteiger partial charge in [-0.1, -0.05) is 0 Å². The molecule has 1 aromatic heterocycles. The van der Waals surface area contributed by atoms with Crippen LogP contribution >= 0.6 is 0 Å². The van der Waals surface area contributed by atoms with Gasteiger partial charge in [0.15, 0.2) is 0 Å². The first-order chi connectivity index (χ1) is 6.02. The molecule has 0 N–H and O–H groups in total. The smallest absolute Gasteiger partial charge is 0.258 e. The van der Waals surface area contributed by atoms with Crippen LogP contribution in [-0.4, -0.2) is 14.8 Å². The van der Waals surface area contributed by atoms with Crippen molar-refractivity contribution in [3.05, 3.63) is 38.4 Å². The van der Waals surface area contributed by atoms with Gasteiger partial charge in [0.05, 0.1) is 9.85 Å². The summed E-state index contributed by atoms with van der Waals surface area (Å²) in [4.78, 5) is 21.1. The second-order valence-corrected chi connectivity index (χ2v) is 2.02. The van der Waals surface area contributed by atoms with Gasteiger partial charge in [-0.3, -0.25) is 20.2 Å². The van der Waals surface area contributed by atoms with Crippen molar-refractivity contribution in [2.24, 2.45) is 0 Å². The first-order valence-electron chi connectivity index (χ1n) is 2.96. The molecule has 0 aliphatic rings. The summed E-state index contributed by atoms with van der Waals surface area (Å²) in [5.74, 6) is -1.34. The number of nitrogens with zero attached hydrogens (tertiary/aromatic N) is 3. The second kappa shape index (κ2) is 3.09. The molecule has 1 rings (SSSR count). The summed E-state index contributed by atoms with van der Waals surface area (Å²) in [7, 11) is 0. The zero-order valence-corrected chi connectivity index (χ0v) is 6.01. The lowest BCUT2D eigenvalue weighted by atomic mass is 10.4. The van der Waals surface area contributed by atoms with E-state index in [0.717, 1.165) is 0 Å². The van der Waals surface area contributed by atoms with Gasteiger partial charge >= 0.3 is 5.69 Å². The molecule has 8 heteroatoms. The van der Waals surface area contributed by atoms with E-state index in [-0.39, 0.29) is 0 Å². The molecular formula is C5H2FN3O4. The summed E-state index contributed by atoms with van der Waals surface area (Å²) in [6.07, 6.45) is 0.613. The van der Waals surface area contributed by atoms with Crippen LogP contribution in [0.5, 0.6) is 0 Å². The summed E-state index contributed by atoms with van der Waals surface area (Å²) in [6, 6.07) is 0.516. The highest BCUT2D eigenvalue weighted by atomic mass is 19.1. The Morgan fingerprint density at radius 2 is 1.92 bits per heavy atom. The Morgan fingerprint density at radius 3 is 2.38 bits per heavy atom. The average Bonchev–Trinajstić information content (AvgIpc) is 2.04. The molecule has 0 atom stereocenters. The molecule has 0 aliphatic heterocycles. The fraction of sp³-hybridized carbons (Fsp3) is 0. The van der Waals surface area contributed by atoms with Gasteiger partial charge in [0.1, 0.15) is 12.3 Å². The van der Waals surface area contributed by atoms with Crippen molar-refractivity contribution in [1.29, 1.82) is 0 Å². The highest BCUT2D eigenvalue weighted by molar-refractivity contribution is 5.39. The van der Waals surface area contributed by atoms with E-state index >= 15 is 0 Å². The van der Waals surface area contributed by atoms with Crippen molar-refractivity contribution < 1.29 is 14.2 Å². The molecule has 0 saturated heterocycles. The van der Waals surface area contributed by atoms with E-state index < -0.39 is 27.2 Å². The number of pyridine rings is 1. The summed E-state index contributed by atoms with van der Waals surface area (Å²) in [6.45, 7) is 0. The van der Waals surface area contributed by atoms with E-state index in [4.69, 9.17) is 0 Å². The van der Waals surface area contributed by atoms with Crippen molar-refractivity contribution in [3.8, 4) is 0 Å². The highest BCUT2D eigenvalue weighted by Gasteiger charge is 2.20. The Bertz CT molecular complexity index is 380. The molecule has 13 heavy (non-hydrogen) atoms. The normalized spacial score (nSPS) is 9.62. The number of aromatic nitrogens is 1. The van der Waals surface area contributed by atoms with E-state index in [0.29, 0.717) is 12.3 Å². The van der Waals surface area contributed by atoms with Crippen LogP contribution in [0.25, 0.3) is 0 Å². The molecular weight excluding hydrogens is 185 g/mol. The third-order valence-corrected chi connectivity index (χ3v) is 1.21. The van der Waals surface area contributed by atoms with E-state index in [1.165, 1.54) is 0 Å². The molecule has 0 aliphatic carbocycles. The van der Waals surface area contributed by atoms with Gasteiger partial charge in [0.25, 0.3) is 11.6 Å². The lowest BCUT2D eigenvalue weighted by Crippen LogP contribution is -1.97. The van der Waals surface area contributed by atoms with Gasteiger partial charge < -0.3 is 0 Å². The minimum Gasteiger partial charge on any atom is -0.258 e. The van der Waals surface area contributed by atoms with E-state index in [2.05, 4.69) is 4.98 Å². The molecule has 7 nitrogen and oxygen atoms in total. The van der Waals surface area contributed by atoms with Crippen LogP contribution in [0.4, 0.5) is 15.8 Å². The number of nitro groups is 2. The van der Waals surface area contributed by atoms with E-state index in [1.54, 1.807) is 0 Å². The Hall–Kier alpha value is -2.12. The van der Waals surface area contributed by atoms with Crippen LogP contribution in [0.2, 0.25) is 0 Å². The first kappa shape index (κ1) is 8.97. The molecule has 0 fully saturated rings. The average molecular weight is 187 g/mol. The predicted molar refractivity (Wildman–Crippen MR) is 37.5 cm³/mol. The van der Waals surface area contributed by atoms with Crippen LogP contribution in [0, 0.1) is 26.2 Å². The van der Waals surface area contributed by atoms with Gasteiger partial charge in [-0.05, 0) is 0 Å². The fourth-order valence-electron chi connectivity index (χ4n) is 0.654. The minimum absolute atomic E-state index is 0.516. The van der Waals surface area contributed by atoms with Gasteiger partial charge in [-0.15, -0.1) is 0 Å². The third kappa shape index (κ3) is 1.72. The Morgan fingerprint density at radius 1 is 1.31 bits per heavy atom. The maximum absolute atomic E-state index is 12.5. The summed E-state index contributed by atoms with van der Waals surface area (Å²) >= 11 is 0. The molecule has 1 aromatic rings. The van der Waals surface area contributed by atoms with Crippen molar-refractivity contribution in [2.45, 2.75) is 0 Å². The molecule has 1 heterocycles. The Balaban J connectivity index is 3.27. The number of rotatable bonds is 2. The standard InChI is InChI=1S/C5H2FN3O4/c6-5-4(9(12)13)1-3(2-7-5)8(10)11/h1-2H. The molecule has 0 bridgehead atoms. The lowest BCUT2D eigenvalue weighted by Gasteiger charge is -1.92. The van der Waals surface area contributed by atoms with Crippen LogP contribution in [0.15, 0.2) is 12.3 Å². The van der Waals surface area contributed by atoms with Crippen LogP contribution in [-0.2, 0) is 0 Å². The SMILES string of the molecule is O=[N+]([O-])c1cnc(F)c([N+](=O)[O-])c1. The summed E-state index contributed by atoms with van der Waals surface area (Å²) in [5.41, 5.74) is -1.62. The predicted octanol–water partition coefficient (Wildman–Crippen LogP) is 1.04. The quantitative estimate of drug-likeness (QED) is 0.391. The second-order valence-electron chi connectivity index (χ2n) is 2.02. The van der Waals surface area contributed by atoms with Crippen molar-refractivity contribution in [2.75, 3.05) is 0 Å². The number of hydrogen-bond donors (Lipinski definition) is 0. The van der Waals surface area contributed by atoms with Crippen LogP contribution in [0.3, 0.4) is 0 Å². The monoisotopic (exact) mass is 187 g/mol. The zero-order valence-electron chi connectivity index (χ0n) is 6.01. The Labute approximate surface area is 70.1 Å². The van der Waals surface area contributed by atoms with E-state index in [1.807, 2.05) is 0 Å². The molecule has 0 saturated carbocycles. The van der Waals surface area contributed by atoms with Gasteiger partial charge in [-0.25, -0.2) is 4.98 Å². The molecule has 0 spiro atoms. The lowest BCUT2D eigenvalue weighted by molar-refractivity contribution is -0.396. The zero-order chi connectivity index (χ0) is 10.0. The largest absolute Gasteiger partial charge is 0.330 e. The molecule has 0 radical (unpaired) electrons. The topological polar surface area (TPSA) is 99.2 Å². The highest BCUT2D eigenvalue weighted by Crippen LogP contribution is 2.20. The van der Waals surface area contributed by atoms with Crippen LogP contribution < -0.4 is 0 Å². The fourth-order valence-corrected chi connectivity index (χ4v) is 0.654. The number of hydrogen-bond acceptors (Lipinski definition) is 5. The first-order valence-corrected chi connectivity index (χ1v) is 2.96. The maximum atomic E-state index is 12.5. The van der Waals surface area contributed by atoms with Crippen molar-refractivity contribution >= 4 is 11.4 Å². The van der Waals surface area contributed by atoms with Gasteiger partial charge in [0, 0.05) is 0 Å². The van der Waals surface area contributed by atoms with Crippen molar-refractivity contribution in [1.82, 2.24) is 4.98 Å². The third-order valence-electron chi connectivity index (χ3n) is 1.21. The van der Waals surface area contributed by atoms with Gasteiger partial charge in [0.2, 0.25) is 0 Å². The van der Waals surface area contributed by atoms with E-state index in [9.17, 15) is 24.6 Å². The summed E-state index contributed by atoms with van der Waals surface area (Å²) < 4.78 is 12.5. The molecule has 0 amide bonds. The van der Waals surface area contributed by atoms with Crippen LogP contribution in [0.1, 0.15) is 0 Å².